The highest BCUT2D eigenvalue weighted by Crippen LogP contribution is 2.53. The van der Waals surface area contributed by atoms with Gasteiger partial charge in [-0.25, -0.2) is 0 Å². The van der Waals surface area contributed by atoms with Crippen LogP contribution < -0.4 is 10.6 Å². The molecule has 0 aromatic heterocycles. The van der Waals surface area contributed by atoms with Crippen molar-refractivity contribution in [1.29, 1.82) is 0 Å². The van der Waals surface area contributed by atoms with Gasteiger partial charge in [-0.2, -0.15) is 0 Å². The second kappa shape index (κ2) is 11.6. The Morgan fingerprint density at radius 1 is 0.471 bits per heavy atom. The summed E-state index contributed by atoms with van der Waals surface area (Å²) in [5.41, 5.74) is 12.7. The first-order chi connectivity index (χ1) is 25.0. The van der Waals surface area contributed by atoms with Crippen molar-refractivity contribution >= 4 is 38.0 Å². The van der Waals surface area contributed by atoms with Gasteiger partial charge >= 0.3 is 0 Å². The first kappa shape index (κ1) is 29.9. The van der Waals surface area contributed by atoms with Crippen molar-refractivity contribution < 1.29 is 0 Å². The van der Waals surface area contributed by atoms with E-state index in [1.54, 1.807) is 0 Å². The maximum atomic E-state index is 3.91. The summed E-state index contributed by atoms with van der Waals surface area (Å²) in [5.74, 6) is 0. The highest BCUT2D eigenvalue weighted by atomic mass is 15.2. The van der Waals surface area contributed by atoms with E-state index in [0.29, 0.717) is 0 Å². The monoisotopic (exact) mass is 654 g/mol. The zero-order chi connectivity index (χ0) is 34.1. The Morgan fingerprint density at radius 3 is 2.04 bits per heavy atom. The lowest BCUT2D eigenvalue weighted by Gasteiger charge is -2.33. The molecule has 244 valence electrons. The van der Waals surface area contributed by atoms with Gasteiger partial charge in [0.15, 0.2) is 0 Å². The molecule has 0 radical (unpaired) electrons. The molecule has 2 aliphatic rings. The van der Waals surface area contributed by atoms with Crippen LogP contribution in [0.5, 0.6) is 0 Å². The van der Waals surface area contributed by atoms with Crippen LogP contribution >= 0.6 is 0 Å². The molecule has 0 amide bonds. The molecule has 8 aromatic carbocycles. The molecule has 0 saturated heterocycles. The van der Waals surface area contributed by atoms with Crippen LogP contribution in [0.3, 0.4) is 0 Å². The highest BCUT2D eigenvalue weighted by Gasteiger charge is 2.37. The van der Waals surface area contributed by atoms with Gasteiger partial charge in [-0.3, -0.25) is 5.32 Å². The molecule has 1 heterocycles. The average molecular weight is 655 g/mol. The molecule has 1 aliphatic carbocycles. The van der Waals surface area contributed by atoms with Gasteiger partial charge in [0.05, 0.1) is 6.04 Å². The Balaban J connectivity index is 1.09. The van der Waals surface area contributed by atoms with Gasteiger partial charge in [0.2, 0.25) is 0 Å². The predicted molar refractivity (Wildman–Crippen MR) is 215 cm³/mol. The van der Waals surface area contributed by atoms with Crippen LogP contribution in [0, 0.1) is 0 Å². The summed E-state index contributed by atoms with van der Waals surface area (Å²) in [6.07, 6.45) is 2.31. The highest BCUT2D eigenvalue weighted by molar-refractivity contribution is 6.07. The van der Waals surface area contributed by atoms with Crippen molar-refractivity contribution in [1.82, 2.24) is 10.6 Å². The van der Waals surface area contributed by atoms with E-state index >= 15 is 0 Å². The van der Waals surface area contributed by atoms with Gasteiger partial charge in [-0.1, -0.05) is 153 Å². The number of rotatable bonds is 4. The van der Waals surface area contributed by atoms with Crippen LogP contribution in [0.15, 0.2) is 170 Å². The summed E-state index contributed by atoms with van der Waals surface area (Å²) in [5, 5.41) is 15.5. The minimum atomic E-state index is -0.0797. The number of fused-ring (bicyclic) bond motifs is 7. The Bertz CT molecular complexity index is 2680. The van der Waals surface area contributed by atoms with E-state index in [0.717, 1.165) is 5.70 Å². The molecule has 10 rings (SSSR count). The maximum absolute atomic E-state index is 3.91. The van der Waals surface area contributed by atoms with E-state index < -0.39 is 0 Å². The standard InChI is InChI=1S/C49H38N2/c1-49(2)43-21-11-20-41(47(43)42-28-33-15-6-7-16-34(33)29-44(42)49)35-17-10-18-37(26-35)45-30-46(51-48(50-45)32-13-4-3-5-14-32)38-24-25-40-36(27-38)23-22-31-12-8-9-19-39(31)40/h3-30,46,48,50-51H,1-2H3. The van der Waals surface area contributed by atoms with Crippen LogP contribution in [0.2, 0.25) is 0 Å². The SMILES string of the molecule is CC1(C)c2cc3ccccc3cc2-c2c(-c3cccc(C4=CC(c5ccc6c(ccc7ccccc76)c5)NC(c5ccccc5)N4)c3)cccc21. The zero-order valence-corrected chi connectivity index (χ0v) is 28.8. The molecule has 8 aromatic rings. The Labute approximate surface area is 299 Å². The van der Waals surface area contributed by atoms with Gasteiger partial charge in [-0.05, 0) is 113 Å². The molecule has 2 nitrogen and oxygen atoms in total. The molecular weight excluding hydrogens is 617 g/mol. The smallest absolute Gasteiger partial charge is 0.104 e. The Hall–Kier alpha value is -5.96. The lowest BCUT2D eigenvalue weighted by atomic mass is 9.81. The van der Waals surface area contributed by atoms with Gasteiger partial charge in [-0.15, -0.1) is 0 Å². The molecule has 2 heteroatoms. The molecule has 0 saturated carbocycles. The van der Waals surface area contributed by atoms with E-state index in [1.165, 1.54) is 82.4 Å². The third-order valence-electron chi connectivity index (χ3n) is 11.3. The molecule has 51 heavy (non-hydrogen) atoms. The number of hydrogen-bond donors (Lipinski definition) is 2. The van der Waals surface area contributed by atoms with Crippen molar-refractivity contribution in [3.63, 3.8) is 0 Å². The van der Waals surface area contributed by atoms with Gasteiger partial charge in [0.25, 0.3) is 0 Å². The second-order valence-electron chi connectivity index (χ2n) is 14.7. The molecule has 0 spiro atoms. The van der Waals surface area contributed by atoms with Crippen LogP contribution in [0.1, 0.15) is 53.9 Å². The lowest BCUT2D eigenvalue weighted by Crippen LogP contribution is -2.39. The number of hydrogen-bond acceptors (Lipinski definition) is 2. The molecule has 1 aliphatic heterocycles. The largest absolute Gasteiger partial charge is 0.366 e. The first-order valence-corrected chi connectivity index (χ1v) is 18.0. The van der Waals surface area contributed by atoms with E-state index in [9.17, 15) is 0 Å². The third kappa shape index (κ3) is 4.90. The van der Waals surface area contributed by atoms with Crippen molar-refractivity contribution in [2.45, 2.75) is 31.5 Å². The van der Waals surface area contributed by atoms with E-state index in [-0.39, 0.29) is 17.6 Å². The van der Waals surface area contributed by atoms with Gasteiger partial charge in [0.1, 0.15) is 6.17 Å². The van der Waals surface area contributed by atoms with E-state index in [2.05, 4.69) is 194 Å². The fraction of sp³-hybridized carbons (Fsp3) is 0.102. The average Bonchev–Trinajstić information content (AvgIpc) is 3.42. The lowest BCUT2D eigenvalue weighted by molar-refractivity contribution is 0.443. The number of benzene rings is 8. The Morgan fingerprint density at radius 2 is 1.18 bits per heavy atom. The van der Waals surface area contributed by atoms with Crippen LogP contribution in [0.4, 0.5) is 0 Å². The quantitative estimate of drug-likeness (QED) is 0.185. The summed E-state index contributed by atoms with van der Waals surface area (Å²) < 4.78 is 0. The molecule has 0 bridgehead atoms. The molecule has 2 unspecified atom stereocenters. The predicted octanol–water partition coefficient (Wildman–Crippen LogP) is 12.1. The van der Waals surface area contributed by atoms with Crippen molar-refractivity contribution in [2.75, 3.05) is 0 Å². The maximum Gasteiger partial charge on any atom is 0.104 e. The van der Waals surface area contributed by atoms with Crippen molar-refractivity contribution in [2.24, 2.45) is 0 Å². The summed E-state index contributed by atoms with van der Waals surface area (Å²) in [6, 6.07) is 60.3. The summed E-state index contributed by atoms with van der Waals surface area (Å²) in [4.78, 5) is 0. The topological polar surface area (TPSA) is 24.1 Å². The third-order valence-corrected chi connectivity index (χ3v) is 11.3. The molecule has 2 atom stereocenters. The minimum absolute atomic E-state index is 0.0212. The van der Waals surface area contributed by atoms with Crippen LogP contribution in [0.25, 0.3) is 60.3 Å². The van der Waals surface area contributed by atoms with E-state index in [1.807, 2.05) is 0 Å². The summed E-state index contributed by atoms with van der Waals surface area (Å²) >= 11 is 0. The number of nitrogens with one attached hydrogen (secondary N) is 2. The molecular formula is C49H38N2. The minimum Gasteiger partial charge on any atom is -0.366 e. The van der Waals surface area contributed by atoms with Gasteiger partial charge < -0.3 is 5.32 Å². The summed E-state index contributed by atoms with van der Waals surface area (Å²) in [6.45, 7) is 4.74. The summed E-state index contributed by atoms with van der Waals surface area (Å²) in [7, 11) is 0. The van der Waals surface area contributed by atoms with Crippen molar-refractivity contribution in [3.8, 4) is 22.3 Å². The fourth-order valence-corrected chi connectivity index (χ4v) is 8.63. The van der Waals surface area contributed by atoms with Gasteiger partial charge in [0, 0.05) is 11.1 Å². The first-order valence-electron chi connectivity index (χ1n) is 18.0. The fourth-order valence-electron chi connectivity index (χ4n) is 8.63. The van der Waals surface area contributed by atoms with E-state index in [4.69, 9.17) is 0 Å². The zero-order valence-electron chi connectivity index (χ0n) is 28.8. The second-order valence-corrected chi connectivity index (χ2v) is 14.7. The van der Waals surface area contributed by atoms with Crippen LogP contribution in [-0.2, 0) is 5.41 Å². The molecule has 0 fully saturated rings. The normalized spacial score (nSPS) is 17.6. The van der Waals surface area contributed by atoms with Crippen molar-refractivity contribution in [3.05, 3.63) is 198 Å². The Kier molecular flexibility index (Phi) is 6.78. The van der Waals surface area contributed by atoms with Crippen LogP contribution in [-0.4, -0.2) is 0 Å². The molecule has 2 N–H and O–H groups in total.